The maximum absolute atomic E-state index is 10.1. The Bertz CT molecular complexity index is 385. The van der Waals surface area contributed by atoms with E-state index in [9.17, 15) is 25.5 Å². The van der Waals surface area contributed by atoms with Crippen molar-refractivity contribution in [2.24, 2.45) is 5.73 Å². The van der Waals surface area contributed by atoms with Gasteiger partial charge in [0, 0.05) is 0 Å². The van der Waals surface area contributed by atoms with Crippen molar-refractivity contribution in [3.63, 3.8) is 0 Å². The Morgan fingerprint density at radius 3 is 1.91 bits per heavy atom. The van der Waals surface area contributed by atoms with Crippen LogP contribution in [0.1, 0.15) is 0 Å². The molecule has 2 rings (SSSR count). The molecule has 0 aromatic heterocycles. The van der Waals surface area contributed by atoms with Crippen LogP contribution in [0.5, 0.6) is 0 Å². The van der Waals surface area contributed by atoms with E-state index < -0.39 is 74.6 Å². The van der Waals surface area contributed by atoms with Crippen molar-refractivity contribution < 1.29 is 50.0 Å². The maximum Gasteiger partial charge on any atom is 0.187 e. The summed E-state index contributed by atoms with van der Waals surface area (Å²) in [6, 6.07) is -1.22. The zero-order chi connectivity index (χ0) is 17.3. The van der Waals surface area contributed by atoms with Gasteiger partial charge in [0.05, 0.1) is 19.3 Å². The van der Waals surface area contributed by atoms with Gasteiger partial charge in [0.2, 0.25) is 0 Å². The first-order chi connectivity index (χ1) is 10.8. The summed E-state index contributed by atoms with van der Waals surface area (Å²) in [7, 11) is 0. The van der Waals surface area contributed by atoms with Crippen molar-refractivity contribution in [1.29, 1.82) is 0 Å². The standard InChI is InChI=1S/C12H23NO10/c13-5-10(7(17)4(2-15)21-11(5)20)23-12-9(19)8(18)6(16)3(1-14)22-12/h3-12,14-20H,1-2,13H2/t3-,4-,5-,6+,7-,8+,9-,10-,11-,12+/m1/s1. The van der Waals surface area contributed by atoms with Gasteiger partial charge in [-0.1, -0.05) is 0 Å². The zero-order valence-electron chi connectivity index (χ0n) is 12.1. The van der Waals surface area contributed by atoms with Gasteiger partial charge in [0.25, 0.3) is 0 Å². The van der Waals surface area contributed by atoms with Crippen molar-refractivity contribution in [2.45, 2.75) is 61.3 Å². The number of aliphatic hydroxyl groups is 7. The molecule has 0 bridgehead atoms. The Balaban J connectivity index is 2.11. The molecule has 0 saturated carbocycles. The van der Waals surface area contributed by atoms with E-state index in [2.05, 4.69) is 0 Å². The third kappa shape index (κ3) is 3.65. The summed E-state index contributed by atoms with van der Waals surface area (Å²) in [4.78, 5) is 0. The van der Waals surface area contributed by atoms with Crippen LogP contribution in [0, 0.1) is 0 Å². The molecule has 0 aromatic rings. The third-order valence-corrected chi connectivity index (χ3v) is 4.06. The quantitative estimate of drug-likeness (QED) is 0.243. The fourth-order valence-electron chi connectivity index (χ4n) is 2.61. The lowest BCUT2D eigenvalue weighted by atomic mass is 9.96. The van der Waals surface area contributed by atoms with Gasteiger partial charge in [-0.15, -0.1) is 0 Å². The number of hydrogen-bond acceptors (Lipinski definition) is 11. The minimum absolute atomic E-state index is 0.612. The molecule has 10 atom stereocenters. The first-order valence-corrected chi connectivity index (χ1v) is 7.15. The first kappa shape index (κ1) is 18.9. The van der Waals surface area contributed by atoms with Crippen LogP contribution in [0.2, 0.25) is 0 Å². The van der Waals surface area contributed by atoms with E-state index in [1.165, 1.54) is 0 Å². The third-order valence-electron chi connectivity index (χ3n) is 4.06. The van der Waals surface area contributed by atoms with E-state index in [0.29, 0.717) is 0 Å². The Hall–Kier alpha value is -0.440. The summed E-state index contributed by atoms with van der Waals surface area (Å²) in [5, 5.41) is 67.3. The maximum atomic E-state index is 10.1. The summed E-state index contributed by atoms with van der Waals surface area (Å²) in [6.07, 6.45) is -13.0. The van der Waals surface area contributed by atoms with E-state index in [1.54, 1.807) is 0 Å². The highest BCUT2D eigenvalue weighted by Gasteiger charge is 2.49. The summed E-state index contributed by atoms with van der Waals surface area (Å²) in [5.74, 6) is 0. The van der Waals surface area contributed by atoms with Gasteiger partial charge < -0.3 is 55.7 Å². The van der Waals surface area contributed by atoms with Gasteiger partial charge in [-0.3, -0.25) is 0 Å². The predicted octanol–water partition coefficient (Wildman–Crippen LogP) is -5.43. The Morgan fingerprint density at radius 1 is 0.783 bits per heavy atom. The number of rotatable bonds is 4. The molecule has 11 heteroatoms. The number of aliphatic hydroxyl groups excluding tert-OH is 7. The van der Waals surface area contributed by atoms with Gasteiger partial charge in [-0.25, -0.2) is 0 Å². The van der Waals surface area contributed by atoms with Gasteiger partial charge in [-0.2, -0.15) is 0 Å². The fourth-order valence-corrected chi connectivity index (χ4v) is 2.61. The second-order valence-corrected chi connectivity index (χ2v) is 5.61. The monoisotopic (exact) mass is 341 g/mol. The van der Waals surface area contributed by atoms with Crippen LogP contribution in [0.3, 0.4) is 0 Å². The lowest BCUT2D eigenvalue weighted by Gasteiger charge is -2.45. The lowest BCUT2D eigenvalue weighted by Crippen LogP contribution is -2.66. The van der Waals surface area contributed by atoms with Crippen LogP contribution < -0.4 is 5.73 Å². The summed E-state index contributed by atoms with van der Waals surface area (Å²) in [5.41, 5.74) is 5.68. The normalized spacial score (nSPS) is 51.7. The van der Waals surface area contributed by atoms with Crippen molar-refractivity contribution >= 4 is 0 Å². The molecule has 2 aliphatic heterocycles. The molecule has 0 aliphatic carbocycles. The topological polar surface area (TPSA) is 195 Å². The molecular formula is C12H23NO10. The highest BCUT2D eigenvalue weighted by atomic mass is 16.7. The second-order valence-electron chi connectivity index (χ2n) is 5.61. The van der Waals surface area contributed by atoms with E-state index in [4.69, 9.17) is 30.2 Å². The van der Waals surface area contributed by atoms with Crippen LogP contribution in [0.15, 0.2) is 0 Å². The lowest BCUT2D eigenvalue weighted by molar-refractivity contribution is -0.340. The smallest absolute Gasteiger partial charge is 0.187 e. The minimum Gasteiger partial charge on any atom is -0.394 e. The molecule has 0 unspecified atom stereocenters. The molecule has 0 amide bonds. The van der Waals surface area contributed by atoms with Gasteiger partial charge in [0.15, 0.2) is 12.6 Å². The van der Waals surface area contributed by atoms with Crippen LogP contribution in [-0.2, 0) is 14.2 Å². The van der Waals surface area contributed by atoms with E-state index in [1.807, 2.05) is 0 Å². The Labute approximate surface area is 131 Å². The van der Waals surface area contributed by atoms with Crippen LogP contribution in [-0.4, -0.2) is 110 Å². The number of ether oxygens (including phenoxy) is 3. The second kappa shape index (κ2) is 7.63. The molecular weight excluding hydrogens is 318 g/mol. The van der Waals surface area contributed by atoms with Crippen molar-refractivity contribution in [2.75, 3.05) is 13.2 Å². The van der Waals surface area contributed by atoms with E-state index in [0.717, 1.165) is 0 Å². The van der Waals surface area contributed by atoms with E-state index in [-0.39, 0.29) is 0 Å². The molecule has 2 aliphatic rings. The minimum atomic E-state index is -1.68. The van der Waals surface area contributed by atoms with Gasteiger partial charge in [0.1, 0.15) is 42.7 Å². The summed E-state index contributed by atoms with van der Waals surface area (Å²) < 4.78 is 15.4. The van der Waals surface area contributed by atoms with Gasteiger partial charge in [-0.05, 0) is 0 Å². The molecule has 9 N–H and O–H groups in total. The SMILES string of the molecule is N[C@@H]1[C@@H](O[C@@H]2O[C@H](CO)[C@H](O)[C@H](O)[C@H]2O)[C@H](O)[C@@H](CO)O[C@H]1O. The fraction of sp³-hybridized carbons (Fsp3) is 1.00. The average molecular weight is 341 g/mol. The van der Waals surface area contributed by atoms with Crippen LogP contribution in [0.4, 0.5) is 0 Å². The largest absolute Gasteiger partial charge is 0.394 e. The molecule has 2 heterocycles. The van der Waals surface area contributed by atoms with Crippen LogP contribution in [0.25, 0.3) is 0 Å². The molecule has 0 spiro atoms. The van der Waals surface area contributed by atoms with Crippen molar-refractivity contribution in [3.05, 3.63) is 0 Å². The number of nitrogens with two attached hydrogens (primary N) is 1. The molecule has 0 aromatic carbocycles. The summed E-state index contributed by atoms with van der Waals surface area (Å²) in [6.45, 7) is -1.26. The molecule has 136 valence electrons. The van der Waals surface area contributed by atoms with Gasteiger partial charge >= 0.3 is 0 Å². The number of hydrogen-bond donors (Lipinski definition) is 8. The first-order valence-electron chi connectivity index (χ1n) is 7.15. The molecule has 2 saturated heterocycles. The highest BCUT2D eigenvalue weighted by molar-refractivity contribution is 4.95. The highest BCUT2D eigenvalue weighted by Crippen LogP contribution is 2.27. The average Bonchev–Trinajstić information content (AvgIpc) is 2.54. The molecule has 2 fully saturated rings. The Morgan fingerprint density at radius 2 is 1.35 bits per heavy atom. The molecule has 23 heavy (non-hydrogen) atoms. The van der Waals surface area contributed by atoms with Crippen molar-refractivity contribution in [3.8, 4) is 0 Å². The van der Waals surface area contributed by atoms with Crippen molar-refractivity contribution in [1.82, 2.24) is 0 Å². The van der Waals surface area contributed by atoms with E-state index >= 15 is 0 Å². The Kier molecular flexibility index (Phi) is 6.27. The zero-order valence-corrected chi connectivity index (χ0v) is 12.1. The predicted molar refractivity (Wildman–Crippen MR) is 70.6 cm³/mol. The molecule has 0 radical (unpaired) electrons. The van der Waals surface area contributed by atoms with Crippen LogP contribution >= 0.6 is 0 Å². The summed E-state index contributed by atoms with van der Waals surface area (Å²) >= 11 is 0. The molecule has 11 nitrogen and oxygen atoms in total.